The van der Waals surface area contributed by atoms with Crippen LogP contribution in [0.4, 0.5) is 4.39 Å². The van der Waals surface area contributed by atoms with Crippen molar-refractivity contribution in [3.8, 4) is 0 Å². The predicted octanol–water partition coefficient (Wildman–Crippen LogP) is 4.36. The number of halogens is 2. The van der Waals surface area contributed by atoms with Crippen LogP contribution in [-0.2, 0) is 22.6 Å². The third-order valence-electron chi connectivity index (χ3n) is 4.52. The number of amides is 2. The first-order chi connectivity index (χ1) is 13.5. The molecular weight excluding hydrogens is 379 g/mol. The van der Waals surface area contributed by atoms with Gasteiger partial charge >= 0.3 is 0 Å². The van der Waals surface area contributed by atoms with Crippen molar-refractivity contribution in [3.63, 3.8) is 0 Å². The third kappa shape index (κ3) is 5.80. The van der Waals surface area contributed by atoms with Gasteiger partial charge in [-0.15, -0.1) is 0 Å². The van der Waals surface area contributed by atoms with Gasteiger partial charge in [0.25, 0.3) is 0 Å². The molecule has 2 amide bonds. The van der Waals surface area contributed by atoms with E-state index in [-0.39, 0.29) is 35.4 Å². The second kappa shape index (κ2) is 10.8. The van der Waals surface area contributed by atoms with Gasteiger partial charge < -0.3 is 10.2 Å². The molecule has 150 valence electrons. The van der Waals surface area contributed by atoms with Crippen LogP contribution in [0.5, 0.6) is 0 Å². The SMILES string of the molecule is CCCNC(=O)[C@@H](CC)N(Cc1ccccc1)C(=O)Cc1c(F)cccc1Cl. The Balaban J connectivity index is 2.30. The Hall–Kier alpha value is -2.40. The van der Waals surface area contributed by atoms with E-state index >= 15 is 0 Å². The molecule has 4 nitrogen and oxygen atoms in total. The summed E-state index contributed by atoms with van der Waals surface area (Å²) < 4.78 is 14.2. The molecule has 2 rings (SSSR count). The Kier molecular flexibility index (Phi) is 8.45. The molecule has 2 aromatic carbocycles. The summed E-state index contributed by atoms with van der Waals surface area (Å²) >= 11 is 6.09. The van der Waals surface area contributed by atoms with E-state index in [9.17, 15) is 14.0 Å². The smallest absolute Gasteiger partial charge is 0.242 e. The van der Waals surface area contributed by atoms with E-state index in [1.807, 2.05) is 44.2 Å². The van der Waals surface area contributed by atoms with Crippen LogP contribution >= 0.6 is 11.6 Å². The maximum Gasteiger partial charge on any atom is 0.242 e. The topological polar surface area (TPSA) is 49.4 Å². The summed E-state index contributed by atoms with van der Waals surface area (Å²) in [6, 6.07) is 13.1. The normalized spacial score (nSPS) is 11.7. The van der Waals surface area contributed by atoms with Gasteiger partial charge in [-0.1, -0.05) is 61.8 Å². The molecule has 0 heterocycles. The van der Waals surface area contributed by atoms with Gasteiger partial charge in [0.05, 0.1) is 6.42 Å². The molecule has 1 atom stereocenters. The van der Waals surface area contributed by atoms with E-state index < -0.39 is 11.9 Å². The van der Waals surface area contributed by atoms with E-state index in [1.165, 1.54) is 17.0 Å². The van der Waals surface area contributed by atoms with Gasteiger partial charge in [0.2, 0.25) is 11.8 Å². The molecule has 1 N–H and O–H groups in total. The molecule has 0 unspecified atom stereocenters. The maximum absolute atomic E-state index is 14.2. The molecular formula is C22H26ClFN2O2. The fourth-order valence-corrected chi connectivity index (χ4v) is 3.25. The lowest BCUT2D eigenvalue weighted by Gasteiger charge is -2.31. The number of rotatable bonds is 9. The molecule has 6 heteroatoms. The van der Waals surface area contributed by atoms with Crippen molar-refractivity contribution in [1.29, 1.82) is 0 Å². The van der Waals surface area contributed by atoms with Gasteiger partial charge in [-0.3, -0.25) is 9.59 Å². The molecule has 0 aliphatic heterocycles. The molecule has 0 bridgehead atoms. The van der Waals surface area contributed by atoms with Crippen molar-refractivity contribution in [2.24, 2.45) is 0 Å². The zero-order valence-electron chi connectivity index (χ0n) is 16.3. The number of nitrogens with zero attached hydrogens (tertiary/aromatic N) is 1. The molecule has 0 aliphatic carbocycles. The van der Waals surface area contributed by atoms with Crippen molar-refractivity contribution < 1.29 is 14.0 Å². The Morgan fingerprint density at radius 2 is 1.82 bits per heavy atom. The van der Waals surface area contributed by atoms with Crippen molar-refractivity contribution >= 4 is 23.4 Å². The summed E-state index contributed by atoms with van der Waals surface area (Å²) in [6.45, 7) is 4.64. The minimum absolute atomic E-state index is 0.149. The molecule has 0 aromatic heterocycles. The van der Waals surface area contributed by atoms with E-state index in [4.69, 9.17) is 11.6 Å². The Labute approximate surface area is 170 Å². The average Bonchev–Trinajstić information content (AvgIpc) is 2.69. The second-order valence-electron chi connectivity index (χ2n) is 6.60. The molecule has 2 aromatic rings. The van der Waals surface area contributed by atoms with Gasteiger partial charge in [-0.25, -0.2) is 4.39 Å². The van der Waals surface area contributed by atoms with Crippen LogP contribution in [0.15, 0.2) is 48.5 Å². The molecule has 0 radical (unpaired) electrons. The highest BCUT2D eigenvalue weighted by atomic mass is 35.5. The first-order valence-electron chi connectivity index (χ1n) is 9.51. The van der Waals surface area contributed by atoms with Crippen molar-refractivity contribution in [1.82, 2.24) is 10.2 Å². The fourth-order valence-electron chi connectivity index (χ4n) is 3.02. The first kappa shape index (κ1) is 21.9. The van der Waals surface area contributed by atoms with Crippen molar-refractivity contribution in [3.05, 3.63) is 70.5 Å². The Bertz CT molecular complexity index is 778. The molecule has 0 fully saturated rings. The van der Waals surface area contributed by atoms with Gasteiger partial charge in [0.1, 0.15) is 11.9 Å². The highest BCUT2D eigenvalue weighted by molar-refractivity contribution is 6.31. The predicted molar refractivity (Wildman–Crippen MR) is 109 cm³/mol. The maximum atomic E-state index is 14.2. The number of hydrogen-bond acceptors (Lipinski definition) is 2. The molecule has 28 heavy (non-hydrogen) atoms. The Morgan fingerprint density at radius 1 is 1.11 bits per heavy atom. The van der Waals surface area contributed by atoms with Crippen LogP contribution in [-0.4, -0.2) is 29.3 Å². The lowest BCUT2D eigenvalue weighted by atomic mass is 10.1. The summed E-state index contributed by atoms with van der Waals surface area (Å²) in [5.41, 5.74) is 1.05. The van der Waals surface area contributed by atoms with Crippen molar-refractivity contribution in [2.75, 3.05) is 6.54 Å². The van der Waals surface area contributed by atoms with Crippen LogP contribution in [0.25, 0.3) is 0 Å². The lowest BCUT2D eigenvalue weighted by Crippen LogP contribution is -2.49. The van der Waals surface area contributed by atoms with Gasteiger partial charge in [0, 0.05) is 23.7 Å². The quantitative estimate of drug-likeness (QED) is 0.675. The monoisotopic (exact) mass is 404 g/mol. The zero-order valence-corrected chi connectivity index (χ0v) is 17.0. The fraction of sp³-hybridized carbons (Fsp3) is 0.364. The summed E-state index contributed by atoms with van der Waals surface area (Å²) in [6.07, 6.45) is 1.06. The van der Waals surface area contributed by atoms with Crippen LogP contribution in [0, 0.1) is 5.82 Å². The molecule has 0 spiro atoms. The molecule has 0 aliphatic rings. The summed E-state index contributed by atoms with van der Waals surface area (Å²) in [5, 5.41) is 3.06. The molecule has 0 saturated heterocycles. The number of benzene rings is 2. The summed E-state index contributed by atoms with van der Waals surface area (Å²) in [5.74, 6) is -1.06. The van der Waals surface area contributed by atoms with E-state index in [0.29, 0.717) is 13.0 Å². The van der Waals surface area contributed by atoms with Crippen LogP contribution in [0.2, 0.25) is 5.02 Å². The van der Waals surface area contributed by atoms with Crippen molar-refractivity contribution in [2.45, 2.75) is 45.7 Å². The summed E-state index contributed by atoms with van der Waals surface area (Å²) in [7, 11) is 0. The van der Waals surface area contributed by atoms with E-state index in [2.05, 4.69) is 5.32 Å². The van der Waals surface area contributed by atoms with Crippen LogP contribution in [0.3, 0.4) is 0 Å². The second-order valence-corrected chi connectivity index (χ2v) is 7.01. The lowest BCUT2D eigenvalue weighted by molar-refractivity contribution is -0.141. The minimum atomic E-state index is -0.634. The number of nitrogens with one attached hydrogen (secondary N) is 1. The highest BCUT2D eigenvalue weighted by Gasteiger charge is 2.29. The van der Waals surface area contributed by atoms with Crippen LogP contribution in [0.1, 0.15) is 37.8 Å². The third-order valence-corrected chi connectivity index (χ3v) is 4.87. The first-order valence-corrected chi connectivity index (χ1v) is 9.89. The van der Waals surface area contributed by atoms with Gasteiger partial charge in [-0.2, -0.15) is 0 Å². The average molecular weight is 405 g/mol. The Morgan fingerprint density at radius 3 is 2.43 bits per heavy atom. The molecule has 0 saturated carbocycles. The number of carbonyl (C=O) groups is 2. The summed E-state index contributed by atoms with van der Waals surface area (Å²) in [4.78, 5) is 27.3. The van der Waals surface area contributed by atoms with Gasteiger partial charge in [0.15, 0.2) is 0 Å². The van der Waals surface area contributed by atoms with E-state index in [1.54, 1.807) is 6.07 Å². The highest BCUT2D eigenvalue weighted by Crippen LogP contribution is 2.22. The zero-order chi connectivity index (χ0) is 20.5. The number of carbonyl (C=O) groups excluding carboxylic acids is 2. The largest absolute Gasteiger partial charge is 0.354 e. The van der Waals surface area contributed by atoms with E-state index in [0.717, 1.165) is 12.0 Å². The van der Waals surface area contributed by atoms with Crippen LogP contribution < -0.4 is 5.32 Å². The van der Waals surface area contributed by atoms with Gasteiger partial charge in [-0.05, 0) is 30.5 Å². The number of hydrogen-bond donors (Lipinski definition) is 1. The standard InChI is InChI=1S/C22H26ClFN2O2/c1-3-13-25-22(28)20(4-2)26(15-16-9-6-5-7-10-16)21(27)14-17-18(23)11-8-12-19(17)24/h5-12,20H,3-4,13-15H2,1-2H3,(H,25,28)/t20-/m1/s1. The minimum Gasteiger partial charge on any atom is -0.354 e.